The number of rotatable bonds is 4. The van der Waals surface area contributed by atoms with Crippen LogP contribution in [0.1, 0.15) is 32.1 Å². The third kappa shape index (κ3) is 3.48. The summed E-state index contributed by atoms with van der Waals surface area (Å²) in [4.78, 5) is 0.319. The molecule has 106 valence electrons. The van der Waals surface area contributed by atoms with Gasteiger partial charge >= 0.3 is 0 Å². The minimum atomic E-state index is -3.38. The molecule has 1 aromatic rings. The normalized spacial score (nSPS) is 17.8. The van der Waals surface area contributed by atoms with Crippen LogP contribution in [0, 0.1) is 5.92 Å². The zero-order chi connectivity index (χ0) is 13.9. The molecule has 19 heavy (non-hydrogen) atoms. The number of anilines is 1. The Morgan fingerprint density at radius 2 is 1.74 bits per heavy atom. The SMILES string of the molecule is CN(CC1CCCCC1)S(=O)(=O)c1ccc(N)cc1. The smallest absolute Gasteiger partial charge is 0.242 e. The molecular weight excluding hydrogens is 260 g/mol. The van der Waals surface area contributed by atoms with Crippen molar-refractivity contribution in [2.24, 2.45) is 5.92 Å². The van der Waals surface area contributed by atoms with E-state index in [0.29, 0.717) is 23.0 Å². The van der Waals surface area contributed by atoms with E-state index in [2.05, 4.69) is 0 Å². The molecule has 5 heteroatoms. The lowest BCUT2D eigenvalue weighted by atomic mass is 9.89. The Hall–Kier alpha value is -1.07. The molecule has 0 heterocycles. The Kier molecular flexibility index (Phi) is 4.47. The van der Waals surface area contributed by atoms with Crippen LogP contribution in [-0.2, 0) is 10.0 Å². The summed E-state index contributed by atoms with van der Waals surface area (Å²) in [5.41, 5.74) is 6.16. The van der Waals surface area contributed by atoms with Gasteiger partial charge in [-0.05, 0) is 43.0 Å². The van der Waals surface area contributed by atoms with Crippen LogP contribution >= 0.6 is 0 Å². The first kappa shape index (κ1) is 14.3. The molecule has 1 saturated carbocycles. The summed E-state index contributed by atoms with van der Waals surface area (Å²) >= 11 is 0. The zero-order valence-corrected chi connectivity index (χ0v) is 12.2. The highest BCUT2D eigenvalue weighted by atomic mass is 32.2. The summed E-state index contributed by atoms with van der Waals surface area (Å²) < 4.78 is 26.3. The summed E-state index contributed by atoms with van der Waals surface area (Å²) in [6.45, 7) is 0.618. The van der Waals surface area contributed by atoms with Crippen molar-refractivity contribution >= 4 is 15.7 Å². The van der Waals surface area contributed by atoms with Crippen LogP contribution in [0.15, 0.2) is 29.2 Å². The van der Waals surface area contributed by atoms with Crippen molar-refractivity contribution in [2.75, 3.05) is 19.3 Å². The molecular formula is C14H22N2O2S. The molecule has 0 atom stereocenters. The van der Waals surface area contributed by atoms with Crippen LogP contribution in [-0.4, -0.2) is 26.3 Å². The standard InChI is InChI=1S/C14H22N2O2S/c1-16(11-12-5-3-2-4-6-12)19(17,18)14-9-7-13(15)8-10-14/h7-10,12H,2-6,11,15H2,1H3. The van der Waals surface area contributed by atoms with Gasteiger partial charge < -0.3 is 5.73 Å². The van der Waals surface area contributed by atoms with Crippen LogP contribution in [0.3, 0.4) is 0 Å². The van der Waals surface area contributed by atoms with Crippen molar-refractivity contribution in [3.8, 4) is 0 Å². The average Bonchev–Trinajstić information content (AvgIpc) is 2.40. The van der Waals surface area contributed by atoms with Gasteiger partial charge in [0.15, 0.2) is 0 Å². The molecule has 0 amide bonds. The van der Waals surface area contributed by atoms with Crippen molar-refractivity contribution in [2.45, 2.75) is 37.0 Å². The van der Waals surface area contributed by atoms with E-state index in [-0.39, 0.29) is 0 Å². The Morgan fingerprint density at radius 1 is 1.16 bits per heavy atom. The molecule has 1 fully saturated rings. The highest BCUT2D eigenvalue weighted by Crippen LogP contribution is 2.26. The second-order valence-corrected chi connectivity index (χ2v) is 7.40. The van der Waals surface area contributed by atoms with Crippen LogP contribution in [0.5, 0.6) is 0 Å². The molecule has 0 aliphatic heterocycles. The number of hydrogen-bond donors (Lipinski definition) is 1. The molecule has 1 aliphatic carbocycles. The number of benzene rings is 1. The Morgan fingerprint density at radius 3 is 2.32 bits per heavy atom. The van der Waals surface area contributed by atoms with Gasteiger partial charge in [-0.3, -0.25) is 0 Å². The van der Waals surface area contributed by atoms with Gasteiger partial charge in [0.05, 0.1) is 4.90 Å². The van der Waals surface area contributed by atoms with E-state index in [1.807, 2.05) is 0 Å². The number of sulfonamides is 1. The molecule has 2 N–H and O–H groups in total. The second-order valence-electron chi connectivity index (χ2n) is 5.36. The second kappa shape index (κ2) is 5.92. The highest BCUT2D eigenvalue weighted by Gasteiger charge is 2.24. The van der Waals surface area contributed by atoms with Crippen molar-refractivity contribution in [3.05, 3.63) is 24.3 Å². The van der Waals surface area contributed by atoms with Crippen molar-refractivity contribution < 1.29 is 8.42 Å². The molecule has 0 radical (unpaired) electrons. The quantitative estimate of drug-likeness (QED) is 0.863. The maximum atomic E-state index is 12.4. The van der Waals surface area contributed by atoms with Gasteiger partial charge in [0.25, 0.3) is 0 Å². The van der Waals surface area contributed by atoms with Gasteiger partial charge in [-0.15, -0.1) is 0 Å². The first-order valence-corrected chi connectivity index (χ1v) is 8.26. The third-order valence-electron chi connectivity index (χ3n) is 3.83. The van der Waals surface area contributed by atoms with E-state index in [0.717, 1.165) is 12.8 Å². The molecule has 4 nitrogen and oxygen atoms in total. The summed E-state index contributed by atoms with van der Waals surface area (Å²) in [7, 11) is -1.71. The predicted octanol–water partition coefficient (Wildman–Crippen LogP) is 2.47. The molecule has 1 aliphatic rings. The van der Waals surface area contributed by atoms with Crippen molar-refractivity contribution in [1.29, 1.82) is 0 Å². The predicted molar refractivity (Wildman–Crippen MR) is 77.2 cm³/mol. The van der Waals surface area contributed by atoms with E-state index in [4.69, 9.17) is 5.73 Å². The fourth-order valence-electron chi connectivity index (χ4n) is 2.65. The van der Waals surface area contributed by atoms with Crippen molar-refractivity contribution in [3.63, 3.8) is 0 Å². The van der Waals surface area contributed by atoms with Gasteiger partial charge in [-0.1, -0.05) is 19.3 Å². The fraction of sp³-hybridized carbons (Fsp3) is 0.571. The molecule has 0 saturated heterocycles. The lowest BCUT2D eigenvalue weighted by Gasteiger charge is -2.26. The van der Waals surface area contributed by atoms with E-state index < -0.39 is 10.0 Å². The molecule has 2 rings (SSSR count). The van der Waals surface area contributed by atoms with Gasteiger partial charge in [0.1, 0.15) is 0 Å². The first-order valence-electron chi connectivity index (χ1n) is 6.82. The fourth-order valence-corrected chi connectivity index (χ4v) is 3.90. The van der Waals surface area contributed by atoms with Crippen LogP contribution < -0.4 is 5.73 Å². The summed E-state index contributed by atoms with van der Waals surface area (Å²) in [6.07, 6.45) is 6.01. The molecule has 1 aromatic carbocycles. The summed E-state index contributed by atoms with van der Waals surface area (Å²) in [5, 5.41) is 0. The van der Waals surface area contributed by atoms with Gasteiger partial charge in [0, 0.05) is 19.3 Å². The van der Waals surface area contributed by atoms with Crippen molar-refractivity contribution in [1.82, 2.24) is 4.31 Å². The topological polar surface area (TPSA) is 63.4 Å². The lowest BCUT2D eigenvalue weighted by molar-refractivity contribution is 0.300. The number of hydrogen-bond acceptors (Lipinski definition) is 3. The summed E-state index contributed by atoms with van der Waals surface area (Å²) in [5.74, 6) is 0.502. The minimum Gasteiger partial charge on any atom is -0.399 e. The maximum Gasteiger partial charge on any atom is 0.242 e. The average molecular weight is 282 g/mol. The van der Waals surface area contributed by atoms with Gasteiger partial charge in [-0.2, -0.15) is 0 Å². The number of nitrogens with zero attached hydrogens (tertiary/aromatic N) is 1. The molecule has 0 spiro atoms. The van der Waals surface area contributed by atoms with E-state index in [9.17, 15) is 8.42 Å². The molecule has 0 bridgehead atoms. The Bertz CT molecular complexity index is 505. The number of nitrogens with two attached hydrogens (primary N) is 1. The van der Waals surface area contributed by atoms with Crippen LogP contribution in [0.25, 0.3) is 0 Å². The van der Waals surface area contributed by atoms with E-state index in [1.165, 1.54) is 23.6 Å². The first-order chi connectivity index (χ1) is 9.00. The van der Waals surface area contributed by atoms with Crippen LogP contribution in [0.2, 0.25) is 0 Å². The Labute approximate surface area is 115 Å². The van der Waals surface area contributed by atoms with E-state index in [1.54, 1.807) is 31.3 Å². The minimum absolute atomic E-state index is 0.319. The Balaban J connectivity index is 2.07. The monoisotopic (exact) mass is 282 g/mol. The summed E-state index contributed by atoms with van der Waals surface area (Å²) in [6, 6.07) is 6.40. The van der Waals surface area contributed by atoms with Crippen LogP contribution in [0.4, 0.5) is 5.69 Å². The zero-order valence-electron chi connectivity index (χ0n) is 11.4. The van der Waals surface area contributed by atoms with Gasteiger partial charge in [0.2, 0.25) is 10.0 Å². The lowest BCUT2D eigenvalue weighted by Crippen LogP contribution is -2.32. The maximum absolute atomic E-state index is 12.4. The van der Waals surface area contributed by atoms with Gasteiger partial charge in [-0.25, -0.2) is 12.7 Å². The largest absolute Gasteiger partial charge is 0.399 e. The number of nitrogen functional groups attached to an aromatic ring is 1. The third-order valence-corrected chi connectivity index (χ3v) is 5.67. The van der Waals surface area contributed by atoms with E-state index >= 15 is 0 Å². The molecule has 0 aromatic heterocycles. The highest BCUT2D eigenvalue weighted by molar-refractivity contribution is 7.89. The molecule has 0 unspecified atom stereocenters.